The highest BCUT2D eigenvalue weighted by Gasteiger charge is 2.58. The zero-order valence-electron chi connectivity index (χ0n) is 8.78. The number of hydrogen-bond acceptors (Lipinski definition) is 4. The standard InChI is InChI=1S/C10H18O2S2/c1-3-9(11)10(7-8(2)12-9)13-5-4-6-14-10/h8,11H,3-7H2,1-2H3. The van der Waals surface area contributed by atoms with Gasteiger partial charge in [-0.05, 0) is 24.9 Å². The molecule has 4 heteroatoms. The van der Waals surface area contributed by atoms with Gasteiger partial charge in [0, 0.05) is 12.8 Å². The predicted molar refractivity (Wildman–Crippen MR) is 62.7 cm³/mol. The van der Waals surface area contributed by atoms with Crippen molar-refractivity contribution in [2.45, 2.75) is 49.1 Å². The van der Waals surface area contributed by atoms with Crippen molar-refractivity contribution in [2.75, 3.05) is 11.5 Å². The van der Waals surface area contributed by atoms with Crippen LogP contribution < -0.4 is 0 Å². The van der Waals surface area contributed by atoms with E-state index < -0.39 is 5.79 Å². The summed E-state index contributed by atoms with van der Waals surface area (Å²) in [5.74, 6) is 1.42. The van der Waals surface area contributed by atoms with E-state index in [1.807, 2.05) is 30.4 Å². The first-order valence-electron chi connectivity index (χ1n) is 5.30. The van der Waals surface area contributed by atoms with Crippen LogP contribution in [0.1, 0.15) is 33.1 Å². The molecule has 1 N–H and O–H groups in total. The molecule has 14 heavy (non-hydrogen) atoms. The number of rotatable bonds is 1. The van der Waals surface area contributed by atoms with Gasteiger partial charge in [0.2, 0.25) is 0 Å². The van der Waals surface area contributed by atoms with E-state index in [0.717, 1.165) is 17.9 Å². The predicted octanol–water partition coefficient (Wildman–Crippen LogP) is 2.46. The van der Waals surface area contributed by atoms with Gasteiger partial charge in [0.15, 0.2) is 5.79 Å². The largest absolute Gasteiger partial charge is 0.364 e. The van der Waals surface area contributed by atoms with E-state index in [1.54, 1.807) is 0 Å². The number of thioether (sulfide) groups is 2. The first kappa shape index (κ1) is 11.1. The zero-order valence-corrected chi connectivity index (χ0v) is 10.4. The second-order valence-corrected chi connectivity index (χ2v) is 7.12. The highest BCUT2D eigenvalue weighted by molar-refractivity contribution is 8.18. The van der Waals surface area contributed by atoms with E-state index in [1.165, 1.54) is 6.42 Å². The molecule has 0 saturated carbocycles. The van der Waals surface area contributed by atoms with E-state index in [-0.39, 0.29) is 10.2 Å². The molecule has 2 aliphatic heterocycles. The highest BCUT2D eigenvalue weighted by atomic mass is 32.2. The Kier molecular flexibility index (Phi) is 3.09. The van der Waals surface area contributed by atoms with Crippen LogP contribution in [0.5, 0.6) is 0 Å². The van der Waals surface area contributed by atoms with Crippen molar-refractivity contribution in [3.05, 3.63) is 0 Å². The first-order chi connectivity index (χ1) is 6.62. The molecule has 0 aromatic heterocycles. The lowest BCUT2D eigenvalue weighted by atomic mass is 10.1. The average Bonchev–Trinajstić information content (AvgIpc) is 2.40. The lowest BCUT2D eigenvalue weighted by molar-refractivity contribution is -0.191. The topological polar surface area (TPSA) is 29.5 Å². The molecule has 2 heterocycles. The smallest absolute Gasteiger partial charge is 0.189 e. The molecule has 0 amide bonds. The molecular weight excluding hydrogens is 216 g/mol. The number of ether oxygens (including phenoxy) is 1. The van der Waals surface area contributed by atoms with Crippen LogP contribution in [0, 0.1) is 0 Å². The van der Waals surface area contributed by atoms with Crippen LogP contribution >= 0.6 is 23.5 Å². The van der Waals surface area contributed by atoms with Crippen LogP contribution in [0.15, 0.2) is 0 Å². The van der Waals surface area contributed by atoms with E-state index in [4.69, 9.17) is 4.74 Å². The van der Waals surface area contributed by atoms with E-state index >= 15 is 0 Å². The SMILES string of the molecule is CCC1(O)OC(C)CC12SCCCS2. The van der Waals surface area contributed by atoms with Crippen LogP contribution in [-0.2, 0) is 4.74 Å². The van der Waals surface area contributed by atoms with Crippen LogP contribution in [0.3, 0.4) is 0 Å². The molecule has 0 aliphatic carbocycles. The molecular formula is C10H18O2S2. The van der Waals surface area contributed by atoms with Gasteiger partial charge in [-0.2, -0.15) is 0 Å². The third-order valence-electron chi connectivity index (χ3n) is 2.99. The minimum absolute atomic E-state index is 0.0839. The van der Waals surface area contributed by atoms with Crippen molar-refractivity contribution < 1.29 is 9.84 Å². The van der Waals surface area contributed by atoms with Crippen LogP contribution in [0.2, 0.25) is 0 Å². The van der Waals surface area contributed by atoms with Crippen molar-refractivity contribution in [3.63, 3.8) is 0 Å². The first-order valence-corrected chi connectivity index (χ1v) is 7.27. The van der Waals surface area contributed by atoms with Gasteiger partial charge in [0.1, 0.15) is 4.08 Å². The summed E-state index contributed by atoms with van der Waals surface area (Å²) in [4.78, 5) is 0. The average molecular weight is 234 g/mol. The van der Waals surface area contributed by atoms with Gasteiger partial charge in [-0.15, -0.1) is 23.5 Å². The Morgan fingerprint density at radius 1 is 1.43 bits per heavy atom. The van der Waals surface area contributed by atoms with Gasteiger partial charge >= 0.3 is 0 Å². The summed E-state index contributed by atoms with van der Waals surface area (Å²) in [7, 11) is 0. The van der Waals surface area contributed by atoms with E-state index in [9.17, 15) is 5.11 Å². The number of aliphatic hydroxyl groups is 1. The van der Waals surface area contributed by atoms with Gasteiger partial charge in [-0.25, -0.2) is 0 Å². The minimum atomic E-state index is -0.901. The Balaban J connectivity index is 2.22. The van der Waals surface area contributed by atoms with Gasteiger partial charge in [-0.1, -0.05) is 6.92 Å². The molecule has 2 unspecified atom stereocenters. The Morgan fingerprint density at radius 2 is 2.07 bits per heavy atom. The zero-order chi connectivity index (χ0) is 10.2. The molecule has 2 aliphatic rings. The highest BCUT2D eigenvalue weighted by Crippen LogP contribution is 2.58. The van der Waals surface area contributed by atoms with E-state index in [0.29, 0.717) is 6.42 Å². The molecule has 0 aromatic carbocycles. The molecule has 0 radical (unpaired) electrons. The fraction of sp³-hybridized carbons (Fsp3) is 1.00. The summed E-state index contributed by atoms with van der Waals surface area (Å²) >= 11 is 3.79. The Morgan fingerprint density at radius 3 is 2.64 bits per heavy atom. The van der Waals surface area contributed by atoms with Crippen LogP contribution in [0.25, 0.3) is 0 Å². The van der Waals surface area contributed by atoms with E-state index in [2.05, 4.69) is 6.92 Å². The lowest BCUT2D eigenvalue weighted by Gasteiger charge is -2.41. The van der Waals surface area contributed by atoms with Crippen LogP contribution in [-0.4, -0.2) is 32.6 Å². The molecule has 2 atom stereocenters. The van der Waals surface area contributed by atoms with Gasteiger partial charge < -0.3 is 9.84 Å². The van der Waals surface area contributed by atoms with Crippen molar-refractivity contribution >= 4 is 23.5 Å². The van der Waals surface area contributed by atoms with Crippen molar-refractivity contribution in [1.29, 1.82) is 0 Å². The summed E-state index contributed by atoms with van der Waals surface area (Å²) in [6, 6.07) is 0. The van der Waals surface area contributed by atoms with Crippen molar-refractivity contribution in [1.82, 2.24) is 0 Å². The van der Waals surface area contributed by atoms with Gasteiger partial charge in [-0.3, -0.25) is 0 Å². The summed E-state index contributed by atoms with van der Waals surface area (Å²) in [5.41, 5.74) is 0. The minimum Gasteiger partial charge on any atom is -0.364 e. The van der Waals surface area contributed by atoms with Crippen molar-refractivity contribution in [2.24, 2.45) is 0 Å². The monoisotopic (exact) mass is 234 g/mol. The molecule has 2 fully saturated rings. The molecule has 0 bridgehead atoms. The summed E-state index contributed by atoms with van der Waals surface area (Å²) in [6.45, 7) is 4.07. The van der Waals surface area contributed by atoms with Gasteiger partial charge in [0.05, 0.1) is 6.10 Å². The molecule has 2 nitrogen and oxygen atoms in total. The summed E-state index contributed by atoms with van der Waals surface area (Å²) in [6.07, 6.45) is 3.12. The maximum atomic E-state index is 10.5. The van der Waals surface area contributed by atoms with Crippen molar-refractivity contribution in [3.8, 4) is 0 Å². The summed E-state index contributed by atoms with van der Waals surface area (Å²) < 4.78 is 5.62. The Labute approximate surface area is 94.2 Å². The molecule has 1 spiro atoms. The van der Waals surface area contributed by atoms with Crippen LogP contribution in [0.4, 0.5) is 0 Å². The fourth-order valence-electron chi connectivity index (χ4n) is 2.27. The second kappa shape index (κ2) is 3.89. The maximum absolute atomic E-state index is 10.5. The molecule has 82 valence electrons. The fourth-order valence-corrected chi connectivity index (χ4v) is 6.07. The normalized spacial score (nSPS) is 41.8. The molecule has 0 aromatic rings. The van der Waals surface area contributed by atoms with Gasteiger partial charge in [0.25, 0.3) is 0 Å². The lowest BCUT2D eigenvalue weighted by Crippen LogP contribution is -2.47. The second-order valence-electron chi connectivity index (χ2n) is 4.07. The molecule has 2 rings (SSSR count). The molecule has 2 saturated heterocycles. The Bertz CT molecular complexity index is 216. The Hall–Kier alpha value is 0.620. The quantitative estimate of drug-likeness (QED) is 0.755. The third kappa shape index (κ3) is 1.60. The maximum Gasteiger partial charge on any atom is 0.189 e. The number of hydrogen-bond donors (Lipinski definition) is 1. The third-order valence-corrected chi connectivity index (χ3v) is 6.58. The summed E-state index contributed by atoms with van der Waals surface area (Å²) in [5, 5.41) is 10.5.